The number of hydrogen-bond acceptors (Lipinski definition) is 0. The third kappa shape index (κ3) is 10.4. The molecule has 0 radical (unpaired) electrons. The van der Waals surface area contributed by atoms with Gasteiger partial charge in [-0.25, -0.2) is 0 Å². The Bertz CT molecular complexity index is 173. The molecule has 116 valence electrons. The lowest BCUT2D eigenvalue weighted by molar-refractivity contribution is 0.314. The third-order valence-corrected chi connectivity index (χ3v) is 4.90. The minimum absolute atomic E-state index is 0.929. The fraction of sp³-hybridized carbons (Fsp3) is 1.00. The Morgan fingerprint density at radius 2 is 1.26 bits per heavy atom. The van der Waals surface area contributed by atoms with Crippen LogP contribution in [0.1, 0.15) is 105 Å². The van der Waals surface area contributed by atoms with Crippen LogP contribution in [0, 0.1) is 17.8 Å². The summed E-state index contributed by atoms with van der Waals surface area (Å²) in [5, 5.41) is 0. The van der Waals surface area contributed by atoms with Crippen LogP contribution in [0.2, 0.25) is 0 Å². The van der Waals surface area contributed by atoms with Gasteiger partial charge in [-0.3, -0.25) is 0 Å². The Balaban J connectivity index is 3.88. The van der Waals surface area contributed by atoms with Gasteiger partial charge in [0.2, 0.25) is 0 Å². The van der Waals surface area contributed by atoms with E-state index in [0.717, 1.165) is 17.8 Å². The first-order chi connectivity index (χ1) is 9.17. The van der Waals surface area contributed by atoms with E-state index < -0.39 is 0 Å². The summed E-state index contributed by atoms with van der Waals surface area (Å²) in [6.45, 7) is 11.8. The maximum Gasteiger partial charge on any atom is -0.0412 e. The predicted molar refractivity (Wildman–Crippen MR) is 89.6 cm³/mol. The van der Waals surface area contributed by atoms with Crippen molar-refractivity contribution in [3.05, 3.63) is 0 Å². The molecule has 0 aliphatic heterocycles. The van der Waals surface area contributed by atoms with Gasteiger partial charge in [0.1, 0.15) is 0 Å². The van der Waals surface area contributed by atoms with Crippen molar-refractivity contribution in [2.75, 3.05) is 0 Å². The van der Waals surface area contributed by atoms with Gasteiger partial charge in [-0.1, -0.05) is 98.8 Å². The molecule has 0 aliphatic carbocycles. The van der Waals surface area contributed by atoms with Crippen LogP contribution in [-0.2, 0) is 0 Å². The van der Waals surface area contributed by atoms with Crippen molar-refractivity contribution in [3.63, 3.8) is 0 Å². The van der Waals surface area contributed by atoms with Crippen LogP contribution in [0.15, 0.2) is 0 Å². The highest BCUT2D eigenvalue weighted by atomic mass is 14.2. The highest BCUT2D eigenvalue weighted by molar-refractivity contribution is 4.65. The molecule has 0 nitrogen and oxygen atoms in total. The molecule has 0 N–H and O–H groups in total. The number of hydrogen-bond donors (Lipinski definition) is 0. The normalized spacial score (nSPS) is 16.3. The first kappa shape index (κ1) is 19.0. The van der Waals surface area contributed by atoms with Crippen LogP contribution in [-0.4, -0.2) is 0 Å². The van der Waals surface area contributed by atoms with Crippen LogP contribution in [0.25, 0.3) is 0 Å². The molecular weight excluding hydrogens is 228 g/mol. The topological polar surface area (TPSA) is 0 Å². The molecule has 0 heteroatoms. The van der Waals surface area contributed by atoms with Gasteiger partial charge in [0, 0.05) is 0 Å². The second-order valence-corrected chi connectivity index (χ2v) is 6.75. The Kier molecular flexibility index (Phi) is 13.0. The van der Waals surface area contributed by atoms with E-state index in [1.54, 1.807) is 0 Å². The highest BCUT2D eigenvalue weighted by Gasteiger charge is 2.13. The average molecular weight is 269 g/mol. The molecule has 0 aliphatic rings. The Morgan fingerprint density at radius 1 is 0.632 bits per heavy atom. The molecule has 3 atom stereocenters. The van der Waals surface area contributed by atoms with Crippen LogP contribution in [0.4, 0.5) is 0 Å². The lowest BCUT2D eigenvalue weighted by atomic mass is 9.85. The van der Waals surface area contributed by atoms with Crippen molar-refractivity contribution in [1.82, 2.24) is 0 Å². The summed E-state index contributed by atoms with van der Waals surface area (Å²) in [5.74, 6) is 2.94. The van der Waals surface area contributed by atoms with E-state index in [1.807, 2.05) is 0 Å². The lowest BCUT2D eigenvalue weighted by Gasteiger charge is -2.21. The maximum atomic E-state index is 2.43. The van der Waals surface area contributed by atoms with Crippen LogP contribution < -0.4 is 0 Å². The fourth-order valence-corrected chi connectivity index (χ4v) is 3.26. The number of rotatable bonds is 13. The molecule has 0 fully saturated rings. The van der Waals surface area contributed by atoms with Crippen molar-refractivity contribution < 1.29 is 0 Å². The van der Waals surface area contributed by atoms with Crippen molar-refractivity contribution in [2.24, 2.45) is 17.8 Å². The van der Waals surface area contributed by atoms with Gasteiger partial charge in [0.15, 0.2) is 0 Å². The average Bonchev–Trinajstić information content (AvgIpc) is 2.42. The molecule has 0 saturated heterocycles. The van der Waals surface area contributed by atoms with Crippen molar-refractivity contribution in [3.8, 4) is 0 Å². The Hall–Kier alpha value is 0. The molecule has 3 unspecified atom stereocenters. The van der Waals surface area contributed by atoms with Gasteiger partial charge in [-0.2, -0.15) is 0 Å². The summed E-state index contributed by atoms with van der Waals surface area (Å²) >= 11 is 0. The minimum atomic E-state index is 0.929. The van der Waals surface area contributed by atoms with Gasteiger partial charge >= 0.3 is 0 Å². The summed E-state index contributed by atoms with van der Waals surface area (Å²) in [6, 6.07) is 0. The Morgan fingerprint density at radius 3 is 1.79 bits per heavy atom. The zero-order valence-electron chi connectivity index (χ0n) is 14.5. The van der Waals surface area contributed by atoms with Crippen molar-refractivity contribution in [2.45, 2.75) is 105 Å². The second kappa shape index (κ2) is 13.0. The van der Waals surface area contributed by atoms with E-state index in [0.29, 0.717) is 0 Å². The molecule has 0 aromatic rings. The molecular formula is C19H40. The molecule has 0 aromatic carbocycles. The van der Waals surface area contributed by atoms with Crippen molar-refractivity contribution >= 4 is 0 Å². The van der Waals surface area contributed by atoms with E-state index in [2.05, 4.69) is 34.6 Å². The summed E-state index contributed by atoms with van der Waals surface area (Å²) in [4.78, 5) is 0. The monoisotopic (exact) mass is 268 g/mol. The summed E-state index contributed by atoms with van der Waals surface area (Å²) in [6.07, 6.45) is 15.8. The largest absolute Gasteiger partial charge is 0.0654 e. The molecule has 0 bridgehead atoms. The first-order valence-electron chi connectivity index (χ1n) is 9.17. The van der Waals surface area contributed by atoms with Crippen LogP contribution in [0.5, 0.6) is 0 Å². The van der Waals surface area contributed by atoms with Crippen LogP contribution >= 0.6 is 0 Å². The van der Waals surface area contributed by atoms with E-state index in [-0.39, 0.29) is 0 Å². The van der Waals surface area contributed by atoms with E-state index >= 15 is 0 Å². The zero-order chi connectivity index (χ0) is 14.5. The smallest absolute Gasteiger partial charge is 0.0412 e. The second-order valence-electron chi connectivity index (χ2n) is 6.75. The van der Waals surface area contributed by atoms with E-state index in [4.69, 9.17) is 0 Å². The molecule has 0 heterocycles. The quantitative estimate of drug-likeness (QED) is 0.330. The molecule has 0 aromatic heterocycles. The summed E-state index contributed by atoms with van der Waals surface area (Å²) in [5.41, 5.74) is 0. The summed E-state index contributed by atoms with van der Waals surface area (Å²) in [7, 11) is 0. The predicted octanol–water partition coefficient (Wildman–Crippen LogP) is 7.23. The van der Waals surface area contributed by atoms with Crippen molar-refractivity contribution in [1.29, 1.82) is 0 Å². The lowest BCUT2D eigenvalue weighted by Crippen LogP contribution is -2.07. The van der Waals surface area contributed by atoms with Gasteiger partial charge in [-0.15, -0.1) is 0 Å². The van der Waals surface area contributed by atoms with Gasteiger partial charge in [0.25, 0.3) is 0 Å². The molecule has 0 saturated carbocycles. The Labute approximate surface area is 123 Å². The molecule has 0 amide bonds. The molecule has 0 rings (SSSR count). The van der Waals surface area contributed by atoms with Gasteiger partial charge < -0.3 is 0 Å². The molecule has 0 spiro atoms. The van der Waals surface area contributed by atoms with Gasteiger partial charge in [-0.05, 0) is 24.2 Å². The zero-order valence-corrected chi connectivity index (χ0v) is 14.5. The third-order valence-electron chi connectivity index (χ3n) is 4.90. The SMILES string of the molecule is CCCCC(CC)CCCC(CCC)CC(C)CC. The minimum Gasteiger partial charge on any atom is -0.0654 e. The van der Waals surface area contributed by atoms with E-state index in [9.17, 15) is 0 Å². The maximum absolute atomic E-state index is 2.43. The van der Waals surface area contributed by atoms with Gasteiger partial charge in [0.05, 0.1) is 0 Å². The fourth-order valence-electron chi connectivity index (χ4n) is 3.26. The number of unbranched alkanes of at least 4 members (excludes halogenated alkanes) is 1. The first-order valence-corrected chi connectivity index (χ1v) is 9.17. The van der Waals surface area contributed by atoms with Crippen LogP contribution in [0.3, 0.4) is 0 Å². The summed E-state index contributed by atoms with van der Waals surface area (Å²) < 4.78 is 0. The standard InChI is InChI=1S/C19H40/c1-6-10-13-18(9-4)14-11-15-19(12-7-2)16-17(5)8-3/h17-19H,6-16H2,1-5H3. The van der Waals surface area contributed by atoms with E-state index in [1.165, 1.54) is 70.6 Å². The molecule has 19 heavy (non-hydrogen) atoms. The highest BCUT2D eigenvalue weighted by Crippen LogP contribution is 2.27.